The second-order valence-electron chi connectivity index (χ2n) is 2.69. The van der Waals surface area contributed by atoms with Crippen molar-refractivity contribution >= 4 is 11.9 Å². The van der Waals surface area contributed by atoms with E-state index in [-0.39, 0.29) is 5.57 Å². The highest BCUT2D eigenvalue weighted by atomic mass is 16.4. The Bertz CT molecular complexity index is 286. The van der Waals surface area contributed by atoms with Crippen LogP contribution >= 0.6 is 0 Å². The van der Waals surface area contributed by atoms with E-state index in [1.807, 2.05) is 0 Å². The lowest BCUT2D eigenvalue weighted by Crippen LogP contribution is -2.03. The van der Waals surface area contributed by atoms with Crippen molar-refractivity contribution in [1.82, 2.24) is 0 Å². The van der Waals surface area contributed by atoms with E-state index in [1.165, 1.54) is 6.08 Å². The third-order valence-corrected chi connectivity index (χ3v) is 1.81. The maximum Gasteiger partial charge on any atom is 0.331 e. The van der Waals surface area contributed by atoms with Crippen molar-refractivity contribution in [2.45, 2.75) is 26.7 Å². The van der Waals surface area contributed by atoms with Gasteiger partial charge in [-0.25, -0.2) is 9.59 Å². The van der Waals surface area contributed by atoms with E-state index in [1.54, 1.807) is 13.8 Å². The lowest BCUT2D eigenvalue weighted by Gasteiger charge is -2.03. The van der Waals surface area contributed by atoms with Crippen LogP contribution in [0.2, 0.25) is 0 Å². The fraction of sp³-hybridized carbons (Fsp3) is 0.400. The van der Waals surface area contributed by atoms with Crippen LogP contribution in [-0.2, 0) is 9.59 Å². The SMILES string of the molecule is CCC(/C=C/C(=O)O)=C(/CC)C(=O)O. The molecule has 4 heteroatoms. The van der Waals surface area contributed by atoms with Gasteiger partial charge in [-0.2, -0.15) is 0 Å². The normalized spacial score (nSPS) is 12.7. The van der Waals surface area contributed by atoms with Gasteiger partial charge in [-0.3, -0.25) is 0 Å². The first kappa shape index (κ1) is 12.4. The molecule has 0 rings (SSSR count). The van der Waals surface area contributed by atoms with Crippen LogP contribution in [0.15, 0.2) is 23.3 Å². The molecule has 0 fully saturated rings. The summed E-state index contributed by atoms with van der Waals surface area (Å²) in [6.45, 7) is 3.52. The predicted molar refractivity (Wildman–Crippen MR) is 52.0 cm³/mol. The van der Waals surface area contributed by atoms with E-state index in [2.05, 4.69) is 0 Å². The molecule has 2 N–H and O–H groups in total. The molecule has 0 aliphatic rings. The van der Waals surface area contributed by atoms with Gasteiger partial charge >= 0.3 is 11.9 Å². The van der Waals surface area contributed by atoms with E-state index >= 15 is 0 Å². The van der Waals surface area contributed by atoms with Gasteiger partial charge in [0.05, 0.1) is 0 Å². The molecule has 0 aromatic heterocycles. The van der Waals surface area contributed by atoms with Crippen molar-refractivity contribution in [2.24, 2.45) is 0 Å². The fourth-order valence-electron chi connectivity index (χ4n) is 1.12. The molecule has 0 saturated carbocycles. The van der Waals surface area contributed by atoms with Gasteiger partial charge in [-0.15, -0.1) is 0 Å². The number of carboxylic acid groups (broad SMARTS) is 2. The Morgan fingerprint density at radius 2 is 1.64 bits per heavy atom. The molecule has 0 unspecified atom stereocenters. The summed E-state index contributed by atoms with van der Waals surface area (Å²) >= 11 is 0. The molecule has 0 atom stereocenters. The Balaban J connectivity index is 4.99. The van der Waals surface area contributed by atoms with E-state index in [4.69, 9.17) is 10.2 Å². The monoisotopic (exact) mass is 198 g/mol. The van der Waals surface area contributed by atoms with Crippen molar-refractivity contribution in [3.8, 4) is 0 Å². The second kappa shape index (κ2) is 5.96. The Hall–Kier alpha value is -1.58. The first-order chi connectivity index (χ1) is 6.52. The molecule has 0 heterocycles. The summed E-state index contributed by atoms with van der Waals surface area (Å²) in [7, 11) is 0. The Labute approximate surface area is 82.6 Å². The minimum Gasteiger partial charge on any atom is -0.478 e. The van der Waals surface area contributed by atoms with Gasteiger partial charge < -0.3 is 10.2 Å². The number of hydrogen-bond donors (Lipinski definition) is 2. The molecular formula is C10H14O4. The molecule has 0 amide bonds. The molecule has 0 aliphatic carbocycles. The minimum absolute atomic E-state index is 0.269. The van der Waals surface area contributed by atoms with Crippen LogP contribution < -0.4 is 0 Å². The van der Waals surface area contributed by atoms with Crippen LogP contribution in [0.3, 0.4) is 0 Å². The number of carbonyl (C=O) groups is 2. The van der Waals surface area contributed by atoms with Crippen LogP contribution in [0.5, 0.6) is 0 Å². The van der Waals surface area contributed by atoms with Gasteiger partial charge in [-0.1, -0.05) is 19.9 Å². The zero-order valence-electron chi connectivity index (χ0n) is 8.28. The fourth-order valence-corrected chi connectivity index (χ4v) is 1.12. The van der Waals surface area contributed by atoms with Gasteiger partial charge in [0, 0.05) is 11.6 Å². The van der Waals surface area contributed by atoms with Gasteiger partial charge in [0.25, 0.3) is 0 Å². The summed E-state index contributed by atoms with van der Waals surface area (Å²) in [5.41, 5.74) is 0.826. The van der Waals surface area contributed by atoms with Crippen molar-refractivity contribution in [2.75, 3.05) is 0 Å². The molecule has 0 bridgehead atoms. The summed E-state index contributed by atoms with van der Waals surface area (Å²) in [5.74, 6) is -2.06. The predicted octanol–water partition coefficient (Wildman–Crippen LogP) is 1.83. The maximum absolute atomic E-state index is 10.7. The number of rotatable bonds is 5. The van der Waals surface area contributed by atoms with Crippen LogP contribution in [0.25, 0.3) is 0 Å². The first-order valence-electron chi connectivity index (χ1n) is 4.39. The Morgan fingerprint density at radius 3 is 1.93 bits per heavy atom. The third-order valence-electron chi connectivity index (χ3n) is 1.81. The van der Waals surface area contributed by atoms with Crippen molar-refractivity contribution < 1.29 is 19.8 Å². The van der Waals surface area contributed by atoms with Crippen molar-refractivity contribution in [1.29, 1.82) is 0 Å². The summed E-state index contributed by atoms with van der Waals surface area (Å²) in [6, 6.07) is 0. The molecule has 0 spiro atoms. The van der Waals surface area contributed by atoms with E-state index in [9.17, 15) is 9.59 Å². The van der Waals surface area contributed by atoms with Crippen molar-refractivity contribution in [3.63, 3.8) is 0 Å². The van der Waals surface area contributed by atoms with Gasteiger partial charge in [-0.05, 0) is 18.4 Å². The van der Waals surface area contributed by atoms with Gasteiger partial charge in [0.15, 0.2) is 0 Å². The standard InChI is InChI=1S/C10H14O4/c1-3-7(5-6-9(11)12)8(4-2)10(13)14/h5-6H,3-4H2,1-2H3,(H,11,12)(H,13,14)/b6-5+,8-7+. The van der Waals surface area contributed by atoms with Gasteiger partial charge in [0.1, 0.15) is 0 Å². The smallest absolute Gasteiger partial charge is 0.331 e. The van der Waals surface area contributed by atoms with Crippen LogP contribution in [-0.4, -0.2) is 22.2 Å². The summed E-state index contributed by atoms with van der Waals surface area (Å²) in [4.78, 5) is 21.0. The average molecular weight is 198 g/mol. The Morgan fingerprint density at radius 1 is 1.07 bits per heavy atom. The van der Waals surface area contributed by atoms with E-state index < -0.39 is 11.9 Å². The lowest BCUT2D eigenvalue weighted by molar-refractivity contribution is -0.133. The molecule has 4 nitrogen and oxygen atoms in total. The zero-order chi connectivity index (χ0) is 11.1. The topological polar surface area (TPSA) is 74.6 Å². The molecule has 0 radical (unpaired) electrons. The highest BCUT2D eigenvalue weighted by Gasteiger charge is 2.08. The largest absolute Gasteiger partial charge is 0.478 e. The molecule has 0 saturated heterocycles. The third kappa shape index (κ3) is 3.89. The number of aliphatic carboxylic acids is 2. The van der Waals surface area contributed by atoms with E-state index in [0.717, 1.165) is 6.08 Å². The first-order valence-corrected chi connectivity index (χ1v) is 4.39. The molecule has 0 aliphatic heterocycles. The highest BCUT2D eigenvalue weighted by molar-refractivity contribution is 5.88. The molecule has 14 heavy (non-hydrogen) atoms. The summed E-state index contributed by atoms with van der Waals surface area (Å²) in [6.07, 6.45) is 3.20. The number of allylic oxidation sites excluding steroid dienone is 2. The van der Waals surface area contributed by atoms with Crippen LogP contribution in [0.1, 0.15) is 26.7 Å². The van der Waals surface area contributed by atoms with Crippen LogP contribution in [0, 0.1) is 0 Å². The molecule has 78 valence electrons. The molecular weight excluding hydrogens is 184 g/mol. The Kier molecular flexibility index (Phi) is 5.29. The van der Waals surface area contributed by atoms with E-state index in [0.29, 0.717) is 18.4 Å². The highest BCUT2D eigenvalue weighted by Crippen LogP contribution is 2.14. The number of carboxylic acids is 2. The quantitative estimate of drug-likeness (QED) is 0.522. The number of hydrogen-bond acceptors (Lipinski definition) is 2. The summed E-state index contributed by atoms with van der Waals surface area (Å²) in [5, 5.41) is 17.2. The summed E-state index contributed by atoms with van der Waals surface area (Å²) < 4.78 is 0. The zero-order valence-corrected chi connectivity index (χ0v) is 8.28. The average Bonchev–Trinajstić information content (AvgIpc) is 2.10. The molecule has 0 aromatic carbocycles. The van der Waals surface area contributed by atoms with Crippen molar-refractivity contribution in [3.05, 3.63) is 23.3 Å². The van der Waals surface area contributed by atoms with Crippen LogP contribution in [0.4, 0.5) is 0 Å². The lowest BCUT2D eigenvalue weighted by atomic mass is 10.0. The molecule has 0 aromatic rings. The minimum atomic E-state index is -1.07. The maximum atomic E-state index is 10.7. The second-order valence-corrected chi connectivity index (χ2v) is 2.69. The van der Waals surface area contributed by atoms with Gasteiger partial charge in [0.2, 0.25) is 0 Å².